The Hall–Kier alpha value is -1.89. The van der Waals surface area contributed by atoms with Crippen LogP contribution in [0.2, 0.25) is 0 Å². The third-order valence-corrected chi connectivity index (χ3v) is 3.97. The standard InChI is InChI=1S/C16H19FN2O/c1-2-15(13-3-5-14(17)6-4-13)16(20)19-9-7-12(11-18)8-10-19/h3-6,12,15H,2,7-10H2,1H3. The lowest BCUT2D eigenvalue weighted by molar-refractivity contribution is -0.134. The number of hydrogen-bond acceptors (Lipinski definition) is 2. The van der Waals surface area contributed by atoms with Crippen LogP contribution in [0.1, 0.15) is 37.7 Å². The second kappa shape index (κ2) is 6.51. The number of halogens is 1. The van der Waals surface area contributed by atoms with E-state index in [1.807, 2.05) is 11.8 Å². The fourth-order valence-electron chi connectivity index (χ4n) is 2.70. The summed E-state index contributed by atoms with van der Waals surface area (Å²) in [5.74, 6) is -0.333. The Morgan fingerprint density at radius 3 is 2.50 bits per heavy atom. The van der Waals surface area contributed by atoms with Crippen LogP contribution in [-0.4, -0.2) is 23.9 Å². The van der Waals surface area contributed by atoms with Crippen LogP contribution in [0, 0.1) is 23.1 Å². The summed E-state index contributed by atoms with van der Waals surface area (Å²) >= 11 is 0. The second-order valence-electron chi connectivity index (χ2n) is 5.24. The Labute approximate surface area is 119 Å². The van der Waals surface area contributed by atoms with Crippen molar-refractivity contribution in [3.63, 3.8) is 0 Å². The predicted molar refractivity (Wildman–Crippen MR) is 74.3 cm³/mol. The van der Waals surface area contributed by atoms with Gasteiger partial charge in [0, 0.05) is 19.0 Å². The van der Waals surface area contributed by atoms with Gasteiger partial charge in [0.1, 0.15) is 5.82 Å². The van der Waals surface area contributed by atoms with Crippen LogP contribution >= 0.6 is 0 Å². The number of hydrogen-bond donors (Lipinski definition) is 0. The van der Waals surface area contributed by atoms with Gasteiger partial charge in [-0.1, -0.05) is 19.1 Å². The van der Waals surface area contributed by atoms with Crippen LogP contribution in [0.3, 0.4) is 0 Å². The summed E-state index contributed by atoms with van der Waals surface area (Å²) in [6, 6.07) is 8.42. The van der Waals surface area contributed by atoms with Gasteiger partial charge in [-0.3, -0.25) is 4.79 Å². The Kier molecular flexibility index (Phi) is 4.73. The summed E-state index contributed by atoms with van der Waals surface area (Å²) < 4.78 is 13.0. The summed E-state index contributed by atoms with van der Waals surface area (Å²) in [6.45, 7) is 3.26. The van der Waals surface area contributed by atoms with E-state index < -0.39 is 0 Å². The molecule has 1 unspecified atom stereocenters. The van der Waals surface area contributed by atoms with E-state index in [4.69, 9.17) is 5.26 Å². The van der Waals surface area contributed by atoms with Gasteiger partial charge in [-0.25, -0.2) is 4.39 Å². The SMILES string of the molecule is CCC(C(=O)N1CCC(C#N)CC1)c1ccc(F)cc1. The Morgan fingerprint density at radius 2 is 2.00 bits per heavy atom. The molecule has 1 aliphatic heterocycles. The summed E-state index contributed by atoms with van der Waals surface area (Å²) in [4.78, 5) is 14.4. The molecule has 106 valence electrons. The largest absolute Gasteiger partial charge is 0.342 e. The van der Waals surface area contributed by atoms with Crippen LogP contribution < -0.4 is 0 Å². The van der Waals surface area contributed by atoms with Gasteiger partial charge in [-0.2, -0.15) is 5.26 Å². The number of rotatable bonds is 3. The molecule has 0 bridgehead atoms. The van der Waals surface area contributed by atoms with Crippen LogP contribution in [0.25, 0.3) is 0 Å². The highest BCUT2D eigenvalue weighted by Gasteiger charge is 2.28. The molecule has 3 nitrogen and oxygen atoms in total. The lowest BCUT2D eigenvalue weighted by atomic mass is 9.92. The average molecular weight is 274 g/mol. The zero-order valence-electron chi connectivity index (χ0n) is 11.7. The van der Waals surface area contributed by atoms with Crippen molar-refractivity contribution in [1.29, 1.82) is 5.26 Å². The lowest BCUT2D eigenvalue weighted by Gasteiger charge is -2.32. The van der Waals surface area contributed by atoms with E-state index in [-0.39, 0.29) is 23.6 Å². The molecule has 1 fully saturated rings. The second-order valence-corrected chi connectivity index (χ2v) is 5.24. The molecule has 0 spiro atoms. The summed E-state index contributed by atoms with van der Waals surface area (Å²) in [5, 5.41) is 8.89. The molecule has 1 aromatic carbocycles. The third-order valence-electron chi connectivity index (χ3n) is 3.97. The number of nitrogens with zero attached hydrogens (tertiary/aromatic N) is 2. The zero-order valence-corrected chi connectivity index (χ0v) is 11.7. The molecule has 1 aromatic rings. The number of likely N-dealkylation sites (tertiary alicyclic amines) is 1. The van der Waals surface area contributed by atoms with Crippen molar-refractivity contribution in [2.75, 3.05) is 13.1 Å². The number of carbonyl (C=O) groups excluding carboxylic acids is 1. The predicted octanol–water partition coefficient (Wildman–Crippen LogP) is 3.08. The topological polar surface area (TPSA) is 44.1 Å². The Balaban J connectivity index is 2.06. The van der Waals surface area contributed by atoms with E-state index >= 15 is 0 Å². The Morgan fingerprint density at radius 1 is 1.40 bits per heavy atom. The number of carbonyl (C=O) groups is 1. The maximum atomic E-state index is 13.0. The maximum absolute atomic E-state index is 13.0. The highest BCUT2D eigenvalue weighted by Crippen LogP contribution is 2.25. The molecule has 0 aromatic heterocycles. The van der Waals surface area contributed by atoms with Crippen LogP contribution in [0.15, 0.2) is 24.3 Å². The molecule has 1 atom stereocenters. The summed E-state index contributed by atoms with van der Waals surface area (Å²) in [7, 11) is 0. The van der Waals surface area contributed by atoms with Gasteiger partial charge in [-0.15, -0.1) is 0 Å². The average Bonchev–Trinajstić information content (AvgIpc) is 2.50. The molecule has 0 N–H and O–H groups in total. The smallest absolute Gasteiger partial charge is 0.230 e. The van der Waals surface area contributed by atoms with Crippen LogP contribution in [-0.2, 0) is 4.79 Å². The molecular weight excluding hydrogens is 255 g/mol. The van der Waals surface area contributed by atoms with Gasteiger partial charge in [-0.05, 0) is 37.0 Å². The van der Waals surface area contributed by atoms with E-state index in [0.717, 1.165) is 18.4 Å². The van der Waals surface area contributed by atoms with Gasteiger partial charge in [0.2, 0.25) is 5.91 Å². The van der Waals surface area contributed by atoms with Crippen molar-refractivity contribution in [2.24, 2.45) is 5.92 Å². The van der Waals surface area contributed by atoms with Crippen molar-refractivity contribution in [3.05, 3.63) is 35.6 Å². The molecule has 1 saturated heterocycles. The van der Waals surface area contributed by atoms with Crippen molar-refractivity contribution in [3.8, 4) is 6.07 Å². The zero-order chi connectivity index (χ0) is 14.5. The van der Waals surface area contributed by atoms with Crippen LogP contribution in [0.5, 0.6) is 0 Å². The fourth-order valence-corrected chi connectivity index (χ4v) is 2.70. The van der Waals surface area contributed by atoms with E-state index in [1.54, 1.807) is 12.1 Å². The van der Waals surface area contributed by atoms with E-state index in [1.165, 1.54) is 12.1 Å². The maximum Gasteiger partial charge on any atom is 0.230 e. The molecular formula is C16H19FN2O. The molecule has 0 saturated carbocycles. The first-order chi connectivity index (χ1) is 9.65. The van der Waals surface area contributed by atoms with Gasteiger partial charge >= 0.3 is 0 Å². The molecule has 1 amide bonds. The van der Waals surface area contributed by atoms with Crippen molar-refractivity contribution < 1.29 is 9.18 Å². The minimum atomic E-state index is -0.286. The molecule has 1 aliphatic rings. The number of amides is 1. The van der Waals surface area contributed by atoms with Gasteiger partial charge < -0.3 is 4.90 Å². The van der Waals surface area contributed by atoms with E-state index in [9.17, 15) is 9.18 Å². The quantitative estimate of drug-likeness (QED) is 0.850. The monoisotopic (exact) mass is 274 g/mol. The highest BCUT2D eigenvalue weighted by atomic mass is 19.1. The fraction of sp³-hybridized carbons (Fsp3) is 0.500. The molecule has 0 aliphatic carbocycles. The molecule has 0 radical (unpaired) electrons. The Bertz CT molecular complexity index is 498. The van der Waals surface area contributed by atoms with Crippen molar-refractivity contribution >= 4 is 5.91 Å². The number of piperidine rings is 1. The number of nitriles is 1. The first-order valence-electron chi connectivity index (χ1n) is 7.09. The van der Waals surface area contributed by atoms with E-state index in [0.29, 0.717) is 19.5 Å². The molecule has 4 heteroatoms. The minimum absolute atomic E-state index is 0.0740. The van der Waals surface area contributed by atoms with E-state index in [2.05, 4.69) is 6.07 Å². The highest BCUT2D eigenvalue weighted by molar-refractivity contribution is 5.83. The van der Waals surface area contributed by atoms with Gasteiger partial charge in [0.05, 0.1) is 12.0 Å². The van der Waals surface area contributed by atoms with Crippen molar-refractivity contribution in [1.82, 2.24) is 4.90 Å². The summed E-state index contributed by atoms with van der Waals surface area (Å²) in [6.07, 6.45) is 2.20. The minimum Gasteiger partial charge on any atom is -0.342 e. The normalized spacial score (nSPS) is 17.6. The molecule has 2 rings (SSSR count). The molecule has 1 heterocycles. The number of benzene rings is 1. The van der Waals surface area contributed by atoms with Gasteiger partial charge in [0.25, 0.3) is 0 Å². The van der Waals surface area contributed by atoms with Gasteiger partial charge in [0.15, 0.2) is 0 Å². The first kappa shape index (κ1) is 14.5. The summed E-state index contributed by atoms with van der Waals surface area (Å²) in [5.41, 5.74) is 0.862. The third kappa shape index (κ3) is 3.16. The first-order valence-corrected chi connectivity index (χ1v) is 7.09. The van der Waals surface area contributed by atoms with Crippen molar-refractivity contribution in [2.45, 2.75) is 32.1 Å². The lowest BCUT2D eigenvalue weighted by Crippen LogP contribution is -2.40. The van der Waals surface area contributed by atoms with Crippen LogP contribution in [0.4, 0.5) is 4.39 Å². The molecule has 20 heavy (non-hydrogen) atoms.